The van der Waals surface area contributed by atoms with Crippen LogP contribution >= 0.6 is 0 Å². The molecule has 3 aromatic rings. The van der Waals surface area contributed by atoms with Gasteiger partial charge in [-0.1, -0.05) is 32.1 Å². The molecule has 3 aromatic carbocycles. The van der Waals surface area contributed by atoms with Gasteiger partial charge in [-0.05, 0) is 92.1 Å². The molecule has 0 bridgehead atoms. The van der Waals surface area contributed by atoms with Crippen LogP contribution in [0.1, 0.15) is 61.4 Å². The van der Waals surface area contributed by atoms with Crippen LogP contribution in [-0.4, -0.2) is 15.3 Å². The van der Waals surface area contributed by atoms with E-state index in [4.69, 9.17) is 4.74 Å². The van der Waals surface area contributed by atoms with Gasteiger partial charge in [-0.25, -0.2) is 0 Å². The standard InChI is InChI=1S/C29H34O4/c1-18(2)7-6-8-21(5)25-10-9-22(16-28(25)32)15-26-27(31)13-20(4)14-29(26)33-24-12-19(3)11-23(30)17-24/h8-14,16-18,30-32H,6-7,15H2,1-5H3/b21-8+. The molecule has 0 fully saturated rings. The second-order valence-electron chi connectivity index (χ2n) is 9.25. The molecule has 0 spiro atoms. The molecule has 0 heterocycles. The van der Waals surface area contributed by atoms with E-state index in [0.717, 1.165) is 40.7 Å². The lowest BCUT2D eigenvalue weighted by molar-refractivity contribution is 0.437. The molecule has 0 radical (unpaired) electrons. The molecule has 3 N–H and O–H groups in total. The van der Waals surface area contributed by atoms with Gasteiger partial charge in [0.05, 0.1) is 0 Å². The smallest absolute Gasteiger partial charge is 0.134 e. The van der Waals surface area contributed by atoms with E-state index in [9.17, 15) is 15.3 Å². The Morgan fingerprint density at radius 2 is 1.64 bits per heavy atom. The lowest BCUT2D eigenvalue weighted by Crippen LogP contribution is -1.97. The number of ether oxygens (including phenoxy) is 1. The quantitative estimate of drug-likeness (QED) is 0.332. The Morgan fingerprint density at radius 3 is 2.30 bits per heavy atom. The molecule has 3 rings (SSSR count). The minimum absolute atomic E-state index is 0.126. The zero-order valence-electron chi connectivity index (χ0n) is 20.1. The number of phenolic OH excluding ortho intramolecular Hbond substituents is 3. The van der Waals surface area contributed by atoms with Crippen LogP contribution in [0.25, 0.3) is 5.57 Å². The fourth-order valence-electron chi connectivity index (χ4n) is 3.92. The minimum atomic E-state index is 0.126. The van der Waals surface area contributed by atoms with Crippen molar-refractivity contribution in [3.63, 3.8) is 0 Å². The zero-order valence-corrected chi connectivity index (χ0v) is 20.1. The first kappa shape index (κ1) is 24.2. The topological polar surface area (TPSA) is 69.9 Å². The summed E-state index contributed by atoms with van der Waals surface area (Å²) in [6, 6.07) is 14.2. The van der Waals surface area contributed by atoms with Gasteiger partial charge in [-0.2, -0.15) is 0 Å². The summed E-state index contributed by atoms with van der Waals surface area (Å²) >= 11 is 0. The molecular formula is C29H34O4. The molecule has 0 amide bonds. The molecule has 174 valence electrons. The third kappa shape index (κ3) is 6.55. The van der Waals surface area contributed by atoms with Crippen molar-refractivity contribution < 1.29 is 20.1 Å². The van der Waals surface area contributed by atoms with Gasteiger partial charge in [-0.15, -0.1) is 0 Å². The van der Waals surface area contributed by atoms with Gasteiger partial charge in [0.2, 0.25) is 0 Å². The highest BCUT2D eigenvalue weighted by Crippen LogP contribution is 2.37. The summed E-state index contributed by atoms with van der Waals surface area (Å²) in [7, 11) is 0. The maximum atomic E-state index is 10.7. The first-order valence-corrected chi connectivity index (χ1v) is 11.4. The van der Waals surface area contributed by atoms with E-state index in [-0.39, 0.29) is 17.2 Å². The Hall–Kier alpha value is -3.40. The highest BCUT2D eigenvalue weighted by molar-refractivity contribution is 5.69. The summed E-state index contributed by atoms with van der Waals surface area (Å²) in [5, 5.41) is 31.2. The Morgan fingerprint density at radius 1 is 0.909 bits per heavy atom. The van der Waals surface area contributed by atoms with Crippen LogP contribution in [0.2, 0.25) is 0 Å². The van der Waals surface area contributed by atoms with E-state index < -0.39 is 0 Å². The van der Waals surface area contributed by atoms with Crippen molar-refractivity contribution in [1.82, 2.24) is 0 Å². The van der Waals surface area contributed by atoms with Crippen molar-refractivity contribution in [3.05, 3.63) is 82.4 Å². The van der Waals surface area contributed by atoms with Crippen molar-refractivity contribution >= 4 is 5.57 Å². The monoisotopic (exact) mass is 446 g/mol. The van der Waals surface area contributed by atoms with Gasteiger partial charge in [0, 0.05) is 23.6 Å². The van der Waals surface area contributed by atoms with Crippen molar-refractivity contribution in [2.75, 3.05) is 0 Å². The van der Waals surface area contributed by atoms with Gasteiger partial charge < -0.3 is 20.1 Å². The number of rotatable bonds is 8. The SMILES string of the molecule is C/C(=C\CCC(C)C)c1ccc(Cc2c(O)cc(C)cc2Oc2cc(C)cc(O)c2)cc1O. The average molecular weight is 447 g/mol. The number of benzene rings is 3. The zero-order chi connectivity index (χ0) is 24.1. The molecule has 0 aliphatic carbocycles. The van der Waals surface area contributed by atoms with E-state index in [1.807, 2.05) is 45.0 Å². The summed E-state index contributed by atoms with van der Waals surface area (Å²) in [6.07, 6.45) is 4.66. The van der Waals surface area contributed by atoms with Crippen molar-refractivity contribution in [2.24, 2.45) is 5.92 Å². The summed E-state index contributed by atoms with van der Waals surface area (Å²) in [4.78, 5) is 0. The van der Waals surface area contributed by atoms with E-state index in [1.54, 1.807) is 24.3 Å². The molecule has 0 aromatic heterocycles. The molecular weight excluding hydrogens is 412 g/mol. The van der Waals surface area contributed by atoms with E-state index in [2.05, 4.69) is 19.9 Å². The van der Waals surface area contributed by atoms with Crippen LogP contribution in [0.5, 0.6) is 28.7 Å². The second-order valence-corrected chi connectivity index (χ2v) is 9.25. The third-order valence-corrected chi connectivity index (χ3v) is 5.66. The summed E-state index contributed by atoms with van der Waals surface area (Å²) in [6.45, 7) is 10.2. The number of aromatic hydroxyl groups is 3. The van der Waals surface area contributed by atoms with Gasteiger partial charge in [0.25, 0.3) is 0 Å². The lowest BCUT2D eigenvalue weighted by atomic mass is 9.97. The van der Waals surface area contributed by atoms with E-state index >= 15 is 0 Å². The molecule has 0 aliphatic rings. The molecule has 33 heavy (non-hydrogen) atoms. The van der Waals surface area contributed by atoms with E-state index in [0.29, 0.717) is 29.4 Å². The predicted octanol–water partition coefficient (Wildman–Crippen LogP) is 7.64. The van der Waals surface area contributed by atoms with Crippen LogP contribution in [0, 0.1) is 19.8 Å². The third-order valence-electron chi connectivity index (χ3n) is 5.66. The molecule has 4 nitrogen and oxygen atoms in total. The van der Waals surface area contributed by atoms with Gasteiger partial charge in [-0.3, -0.25) is 0 Å². The highest BCUT2D eigenvalue weighted by atomic mass is 16.5. The van der Waals surface area contributed by atoms with Crippen molar-refractivity contribution in [3.8, 4) is 28.7 Å². The average Bonchev–Trinajstić information content (AvgIpc) is 2.69. The van der Waals surface area contributed by atoms with Crippen LogP contribution in [0.15, 0.2) is 54.6 Å². The summed E-state index contributed by atoms with van der Waals surface area (Å²) in [5.41, 5.74) is 5.10. The minimum Gasteiger partial charge on any atom is -0.508 e. The Labute approximate surface area is 196 Å². The largest absolute Gasteiger partial charge is 0.508 e. The normalized spacial score (nSPS) is 11.8. The summed E-state index contributed by atoms with van der Waals surface area (Å²) in [5.74, 6) is 2.15. The molecule has 0 saturated heterocycles. The maximum Gasteiger partial charge on any atom is 0.134 e. The fraction of sp³-hybridized carbons (Fsp3) is 0.310. The number of allylic oxidation sites excluding steroid dienone is 2. The van der Waals surface area contributed by atoms with Gasteiger partial charge in [0.15, 0.2) is 0 Å². The molecule has 0 aliphatic heterocycles. The Balaban J connectivity index is 1.88. The number of hydrogen-bond acceptors (Lipinski definition) is 4. The fourth-order valence-corrected chi connectivity index (χ4v) is 3.92. The van der Waals surface area contributed by atoms with Gasteiger partial charge in [0.1, 0.15) is 28.7 Å². The first-order valence-electron chi connectivity index (χ1n) is 11.4. The number of aryl methyl sites for hydroxylation is 2. The number of phenols is 3. The van der Waals surface area contributed by atoms with Crippen molar-refractivity contribution in [2.45, 2.75) is 53.9 Å². The highest BCUT2D eigenvalue weighted by Gasteiger charge is 2.15. The molecule has 4 heteroatoms. The van der Waals surface area contributed by atoms with E-state index in [1.165, 1.54) is 0 Å². The van der Waals surface area contributed by atoms with Crippen molar-refractivity contribution in [1.29, 1.82) is 0 Å². The Bertz CT molecular complexity index is 1140. The predicted molar refractivity (Wildman–Crippen MR) is 134 cm³/mol. The second kappa shape index (κ2) is 10.5. The Kier molecular flexibility index (Phi) is 7.70. The van der Waals surface area contributed by atoms with Crippen LogP contribution < -0.4 is 4.74 Å². The van der Waals surface area contributed by atoms with Crippen LogP contribution in [-0.2, 0) is 6.42 Å². The molecule has 0 saturated carbocycles. The summed E-state index contributed by atoms with van der Waals surface area (Å²) < 4.78 is 6.07. The first-order chi connectivity index (χ1) is 15.6. The number of hydrogen-bond donors (Lipinski definition) is 3. The molecule has 0 atom stereocenters. The van der Waals surface area contributed by atoms with Gasteiger partial charge >= 0.3 is 0 Å². The van der Waals surface area contributed by atoms with Crippen LogP contribution in [0.3, 0.4) is 0 Å². The van der Waals surface area contributed by atoms with Crippen LogP contribution in [0.4, 0.5) is 0 Å². The maximum absolute atomic E-state index is 10.7. The molecule has 0 unspecified atom stereocenters. The lowest BCUT2D eigenvalue weighted by Gasteiger charge is -2.15.